The number of hydrogen-bond acceptors (Lipinski definition) is 3. The van der Waals surface area contributed by atoms with Crippen LogP contribution in [-0.4, -0.2) is 55.4 Å². The second kappa shape index (κ2) is 58.6. The van der Waals surface area contributed by atoms with Crippen molar-refractivity contribution in [1.82, 2.24) is 0 Å². The molecule has 5 heteroatoms. The summed E-state index contributed by atoms with van der Waals surface area (Å²) in [6, 6.07) is 0. The first-order valence-electron chi connectivity index (χ1n) is 14.5. The molecule has 0 aliphatic heterocycles. The first-order chi connectivity index (χ1) is 16.1. The Hall–Kier alpha value is 0.945. The monoisotopic (exact) mass is 502 g/mol. The van der Waals surface area contributed by atoms with Gasteiger partial charge in [-0.25, -0.2) is 0 Å². The Morgan fingerprint density at radius 2 is 0.667 bits per heavy atom. The fourth-order valence-corrected chi connectivity index (χ4v) is 5.49. The average Bonchev–Trinajstić information content (AvgIpc) is 2.82. The molecule has 0 amide bonds. The molecule has 0 unspecified atom stereocenters. The topological polar surface area (TPSA) is 66.3 Å². The van der Waals surface area contributed by atoms with E-state index in [0.717, 1.165) is 69.0 Å². The predicted octanol–water partition coefficient (Wildman–Crippen LogP) is 7.33. The van der Waals surface area contributed by atoms with Gasteiger partial charge in [0.2, 0.25) is 0 Å². The summed E-state index contributed by atoms with van der Waals surface area (Å²) in [7, 11) is 0. The normalized spacial score (nSPS) is 8.79. The molecule has 33 heavy (non-hydrogen) atoms. The van der Waals surface area contributed by atoms with Gasteiger partial charge in [-0.3, -0.25) is 0 Å². The van der Waals surface area contributed by atoms with E-state index in [9.17, 15) is 10.2 Å². The van der Waals surface area contributed by atoms with Gasteiger partial charge in [0.1, 0.15) is 0 Å². The van der Waals surface area contributed by atoms with Gasteiger partial charge in [-0.15, -0.1) is 13.2 Å². The van der Waals surface area contributed by atoms with Crippen LogP contribution in [0.2, 0.25) is 21.1 Å². The Kier molecular flexibility index (Phi) is 78.1. The van der Waals surface area contributed by atoms with Crippen molar-refractivity contribution in [3.05, 3.63) is 0 Å². The molecular weight excluding hydrogens is 438 g/mol. The van der Waals surface area contributed by atoms with Gasteiger partial charge in [0.05, 0.1) is 0 Å². The van der Waals surface area contributed by atoms with E-state index in [1.807, 2.05) is 13.8 Å². The van der Waals surface area contributed by atoms with Gasteiger partial charge in [0, 0.05) is 6.61 Å². The molecule has 0 heterocycles. The maximum atomic E-state index is 9.53. The van der Waals surface area contributed by atoms with Crippen molar-refractivity contribution in [1.29, 1.82) is 0 Å². The Bertz CT molecular complexity index is 187. The molecule has 0 saturated carbocycles. The first kappa shape index (κ1) is 44.0. The van der Waals surface area contributed by atoms with Crippen LogP contribution in [0.4, 0.5) is 0 Å². The van der Waals surface area contributed by atoms with Crippen molar-refractivity contribution in [2.24, 2.45) is 0 Å². The summed E-state index contributed by atoms with van der Waals surface area (Å²) >= 11 is 1.64. The first-order valence-corrected chi connectivity index (χ1v) is 17.7. The quantitative estimate of drug-likeness (QED) is 0.158. The van der Waals surface area contributed by atoms with Crippen LogP contribution >= 0.6 is 0 Å². The molecule has 3 nitrogen and oxygen atoms in total. The van der Waals surface area contributed by atoms with Crippen molar-refractivity contribution in [2.45, 2.75) is 159 Å². The standard InChI is InChI=1S/C4H10O.2C4H9O.4C4H9.2Al/c3*1-2-3-4-5;4*1-3-4-2;;/h5H,2-4H2,1H3;2*2-4H2,1H3;4*1,3-4H2,2H3;;/q;2*-1;;;;;2*+1. The van der Waals surface area contributed by atoms with Gasteiger partial charge >= 0.3 is 131 Å². The molecule has 0 bridgehead atoms. The van der Waals surface area contributed by atoms with Gasteiger partial charge in [-0.05, 0) is 6.42 Å². The molecule has 0 aromatic heterocycles. The van der Waals surface area contributed by atoms with Crippen LogP contribution < -0.4 is 10.2 Å². The molecule has 0 rings (SSSR count). The molecule has 200 valence electrons. The van der Waals surface area contributed by atoms with Gasteiger partial charge in [0.15, 0.2) is 0 Å². The zero-order valence-corrected chi connectivity index (χ0v) is 26.6. The Labute approximate surface area is 224 Å². The van der Waals surface area contributed by atoms with Crippen LogP contribution in [0.5, 0.6) is 0 Å². The third kappa shape index (κ3) is 87.9. The van der Waals surface area contributed by atoms with E-state index in [0.29, 0.717) is 6.61 Å². The molecule has 0 atom stereocenters. The summed E-state index contributed by atoms with van der Waals surface area (Å²) in [6.07, 6.45) is 17.2. The van der Waals surface area contributed by atoms with E-state index < -0.39 is 0 Å². The summed E-state index contributed by atoms with van der Waals surface area (Å²) < 4.78 is 0. The van der Waals surface area contributed by atoms with Gasteiger partial charge in [0.25, 0.3) is 0 Å². The number of rotatable bonds is 18. The molecule has 0 radical (unpaired) electrons. The molecular formula is C28H64Al2O3. The van der Waals surface area contributed by atoms with E-state index >= 15 is 0 Å². The van der Waals surface area contributed by atoms with Gasteiger partial charge < -0.3 is 15.3 Å². The summed E-state index contributed by atoms with van der Waals surface area (Å²) in [5, 5.41) is 33.3. The van der Waals surface area contributed by atoms with E-state index in [1.165, 1.54) is 72.5 Å². The number of aliphatic hydroxyl groups is 1. The predicted molar refractivity (Wildman–Crippen MR) is 152 cm³/mol. The van der Waals surface area contributed by atoms with Crippen LogP contribution in [-0.2, 0) is 0 Å². The molecule has 0 aliphatic carbocycles. The van der Waals surface area contributed by atoms with Crippen LogP contribution in [0, 0.1) is 0 Å². The molecule has 0 aliphatic rings. The Balaban J connectivity index is -0.000000102. The zero-order chi connectivity index (χ0) is 26.3. The Morgan fingerprint density at radius 1 is 0.424 bits per heavy atom. The third-order valence-electron chi connectivity index (χ3n) is 4.55. The van der Waals surface area contributed by atoms with Gasteiger partial charge in [-0.2, -0.15) is 0 Å². The second-order valence-electron chi connectivity index (χ2n) is 8.34. The van der Waals surface area contributed by atoms with Crippen molar-refractivity contribution in [2.75, 3.05) is 19.8 Å². The maximum absolute atomic E-state index is 9.53. The molecule has 0 saturated heterocycles. The van der Waals surface area contributed by atoms with Crippen LogP contribution in [0.25, 0.3) is 0 Å². The molecule has 0 fully saturated rings. The van der Waals surface area contributed by atoms with E-state index in [4.69, 9.17) is 5.11 Å². The van der Waals surface area contributed by atoms with Crippen LogP contribution in [0.1, 0.15) is 138 Å². The zero-order valence-electron chi connectivity index (χ0n) is 24.3. The summed E-state index contributed by atoms with van der Waals surface area (Å²) in [5.74, 6) is 0. The average molecular weight is 503 g/mol. The minimum absolute atomic E-state index is 0.0938. The van der Waals surface area contributed by atoms with Crippen LogP contribution in [0.15, 0.2) is 0 Å². The molecule has 0 aromatic carbocycles. The van der Waals surface area contributed by atoms with E-state index in [-0.39, 0.29) is 13.2 Å². The van der Waals surface area contributed by atoms with Crippen molar-refractivity contribution < 1.29 is 15.3 Å². The number of hydrogen-bond donors (Lipinski definition) is 1. The molecule has 1 N–H and O–H groups in total. The van der Waals surface area contributed by atoms with Crippen molar-refractivity contribution >= 4 is 30.4 Å². The fraction of sp³-hybridized carbons (Fsp3) is 1.00. The van der Waals surface area contributed by atoms with E-state index in [1.54, 1.807) is 0 Å². The minimum atomic E-state index is 0.0938. The summed E-state index contributed by atoms with van der Waals surface area (Å²) in [6.45, 7) is 15.7. The van der Waals surface area contributed by atoms with Crippen LogP contribution in [0.3, 0.4) is 0 Å². The summed E-state index contributed by atoms with van der Waals surface area (Å²) in [5.41, 5.74) is 0. The summed E-state index contributed by atoms with van der Waals surface area (Å²) in [4.78, 5) is 0. The number of unbranched alkanes of at least 4 members (excludes halogenated alkanes) is 7. The number of aliphatic hydroxyl groups excluding tert-OH is 1. The SMILES string of the molecule is CCCCO.CCCC[O-].CCCC[O-].CCC[CH2][Al+][CH2]CCC.CCC[CH2][Al+][CH2]CCC. The second-order valence-corrected chi connectivity index (χ2v) is 11.8. The van der Waals surface area contributed by atoms with E-state index in [2.05, 4.69) is 34.6 Å². The van der Waals surface area contributed by atoms with Gasteiger partial charge in [-0.1, -0.05) is 52.9 Å². The Morgan fingerprint density at radius 3 is 0.758 bits per heavy atom. The van der Waals surface area contributed by atoms with Crippen molar-refractivity contribution in [3.63, 3.8) is 0 Å². The third-order valence-corrected chi connectivity index (χ3v) is 7.82. The molecule has 0 spiro atoms. The van der Waals surface area contributed by atoms with Crippen molar-refractivity contribution in [3.8, 4) is 0 Å². The fourth-order valence-electron chi connectivity index (χ4n) is 2.13. The molecule has 0 aromatic rings.